The van der Waals surface area contributed by atoms with E-state index in [0.717, 1.165) is 63.2 Å². The fraction of sp³-hybridized carbons (Fsp3) is 0.355. The minimum atomic E-state index is -3.33. The fourth-order valence-corrected chi connectivity index (χ4v) is 5.36. The highest BCUT2D eigenvalue weighted by Crippen LogP contribution is 2.25. The number of unbranched alkanes of at least 4 members (excludes halogenated alkanes) is 1. The van der Waals surface area contributed by atoms with E-state index >= 15 is 0 Å². The largest absolute Gasteiger partial charge is 0.457 e. The van der Waals surface area contributed by atoms with Crippen LogP contribution < -0.4 is 19.7 Å². The molecule has 0 atom stereocenters. The van der Waals surface area contributed by atoms with Crippen molar-refractivity contribution >= 4 is 27.4 Å². The van der Waals surface area contributed by atoms with Gasteiger partial charge in [-0.25, -0.2) is 17.6 Å². The van der Waals surface area contributed by atoms with E-state index in [9.17, 15) is 17.6 Å². The highest BCUT2D eigenvalue weighted by Gasteiger charge is 2.25. The first-order valence-corrected chi connectivity index (χ1v) is 15.9. The molecule has 9 nitrogen and oxygen atoms in total. The predicted molar refractivity (Wildman–Crippen MR) is 162 cm³/mol. The third-order valence-electron chi connectivity index (χ3n) is 6.99. The zero-order chi connectivity index (χ0) is 30.1. The normalized spacial score (nSPS) is 14.1. The Morgan fingerprint density at radius 3 is 2.29 bits per heavy atom. The van der Waals surface area contributed by atoms with E-state index in [4.69, 9.17) is 10.00 Å². The lowest BCUT2D eigenvalue weighted by atomic mass is 10.0. The molecule has 0 radical (unpaired) electrons. The van der Waals surface area contributed by atoms with Crippen LogP contribution in [0.5, 0.6) is 11.5 Å². The molecule has 0 bridgehead atoms. The van der Waals surface area contributed by atoms with Crippen molar-refractivity contribution in [1.82, 2.24) is 10.2 Å². The summed E-state index contributed by atoms with van der Waals surface area (Å²) in [5, 5.41) is 12.1. The van der Waals surface area contributed by atoms with Crippen LogP contribution in [0.25, 0.3) is 0 Å². The SMILES string of the molecule is CCCCN(C(=O)NC1CCN(Cc2ccc(Oc3ccc(NS(C)(=O)=O)cc3)cc2)CC1)c1ccc(C#N)cc1F. The number of hydrogen-bond acceptors (Lipinski definition) is 6. The number of carbonyl (C=O) groups excluding carboxylic acids is 1. The number of anilines is 2. The lowest BCUT2D eigenvalue weighted by molar-refractivity contribution is 0.188. The number of halogens is 1. The molecular weight excluding hydrogens is 557 g/mol. The van der Waals surface area contributed by atoms with Gasteiger partial charge in [0.05, 0.1) is 23.6 Å². The van der Waals surface area contributed by atoms with Crippen LogP contribution in [0.2, 0.25) is 0 Å². The number of nitrogens with zero attached hydrogens (tertiary/aromatic N) is 3. The van der Waals surface area contributed by atoms with Crippen molar-refractivity contribution in [2.45, 2.75) is 45.2 Å². The molecule has 42 heavy (non-hydrogen) atoms. The molecule has 11 heteroatoms. The van der Waals surface area contributed by atoms with Crippen LogP contribution in [-0.2, 0) is 16.6 Å². The average Bonchev–Trinajstić information content (AvgIpc) is 2.96. The standard InChI is InChI=1S/C31H36FN5O4S/c1-3-4-17-37(30-14-7-24(21-33)20-29(30)32)31(38)34-25-15-18-36(19-16-25)22-23-5-10-27(11-6-23)41-28-12-8-26(9-13-28)35-42(2,39)40/h5-14,20,25,35H,3-4,15-19,22H2,1-2H3,(H,34,38). The average molecular weight is 594 g/mol. The monoisotopic (exact) mass is 593 g/mol. The minimum Gasteiger partial charge on any atom is -0.457 e. The van der Waals surface area contributed by atoms with E-state index in [1.807, 2.05) is 37.3 Å². The number of benzene rings is 3. The van der Waals surface area contributed by atoms with Gasteiger partial charge < -0.3 is 10.1 Å². The Balaban J connectivity index is 1.26. The van der Waals surface area contributed by atoms with Crippen LogP contribution in [0.4, 0.5) is 20.6 Å². The zero-order valence-corrected chi connectivity index (χ0v) is 24.7. The van der Waals surface area contributed by atoms with Gasteiger partial charge >= 0.3 is 6.03 Å². The van der Waals surface area contributed by atoms with Gasteiger partial charge in [-0.3, -0.25) is 14.5 Å². The van der Waals surface area contributed by atoms with Gasteiger partial charge in [0, 0.05) is 37.9 Å². The smallest absolute Gasteiger partial charge is 0.322 e. The molecule has 3 aromatic carbocycles. The number of nitrogens with one attached hydrogen (secondary N) is 2. The molecule has 1 saturated heterocycles. The van der Waals surface area contributed by atoms with E-state index in [1.54, 1.807) is 24.3 Å². The molecule has 0 spiro atoms. The quantitative estimate of drug-likeness (QED) is 0.289. The maximum atomic E-state index is 14.7. The Kier molecular flexibility index (Phi) is 10.4. The van der Waals surface area contributed by atoms with Gasteiger partial charge in [-0.15, -0.1) is 0 Å². The summed E-state index contributed by atoms with van der Waals surface area (Å²) < 4.78 is 45.7. The highest BCUT2D eigenvalue weighted by molar-refractivity contribution is 7.92. The van der Waals surface area contributed by atoms with Crippen LogP contribution in [0.15, 0.2) is 66.7 Å². The van der Waals surface area contributed by atoms with Crippen LogP contribution in [-0.4, -0.2) is 51.3 Å². The summed E-state index contributed by atoms with van der Waals surface area (Å²) in [6.45, 7) is 4.82. The van der Waals surface area contributed by atoms with Crippen molar-refractivity contribution in [3.8, 4) is 17.6 Å². The molecule has 3 aromatic rings. The summed E-state index contributed by atoms with van der Waals surface area (Å²) in [6, 6.07) is 20.3. The number of carbonyl (C=O) groups is 1. The van der Waals surface area contributed by atoms with Crippen molar-refractivity contribution in [3.05, 3.63) is 83.7 Å². The molecule has 1 aliphatic heterocycles. The van der Waals surface area contributed by atoms with Gasteiger partial charge in [0.1, 0.15) is 17.3 Å². The third-order valence-corrected chi connectivity index (χ3v) is 7.59. The van der Waals surface area contributed by atoms with Gasteiger partial charge in [-0.2, -0.15) is 5.26 Å². The molecule has 4 rings (SSSR count). The summed E-state index contributed by atoms with van der Waals surface area (Å²) in [5.74, 6) is 0.697. The molecule has 2 amide bonds. The van der Waals surface area contributed by atoms with Crippen molar-refractivity contribution in [3.63, 3.8) is 0 Å². The number of piperidine rings is 1. The second kappa shape index (κ2) is 14.2. The summed E-state index contributed by atoms with van der Waals surface area (Å²) in [7, 11) is -3.33. The van der Waals surface area contributed by atoms with Crippen LogP contribution in [0, 0.1) is 17.1 Å². The van der Waals surface area contributed by atoms with Crippen LogP contribution >= 0.6 is 0 Å². The summed E-state index contributed by atoms with van der Waals surface area (Å²) in [4.78, 5) is 16.9. The first-order valence-electron chi connectivity index (χ1n) is 14.0. The molecule has 0 aliphatic carbocycles. The van der Waals surface area contributed by atoms with Crippen molar-refractivity contribution in [2.75, 3.05) is 35.5 Å². The van der Waals surface area contributed by atoms with Gasteiger partial charge in [0.15, 0.2) is 0 Å². The molecular formula is C31H36FN5O4S. The number of nitriles is 1. The number of sulfonamides is 1. The summed E-state index contributed by atoms with van der Waals surface area (Å²) >= 11 is 0. The predicted octanol–water partition coefficient (Wildman–Crippen LogP) is 5.84. The lowest BCUT2D eigenvalue weighted by Gasteiger charge is -2.34. The van der Waals surface area contributed by atoms with Crippen LogP contribution in [0.1, 0.15) is 43.7 Å². The maximum absolute atomic E-state index is 14.7. The Morgan fingerprint density at radius 2 is 1.71 bits per heavy atom. The Morgan fingerprint density at radius 1 is 1.07 bits per heavy atom. The first kappa shape index (κ1) is 30.8. The van der Waals surface area contributed by atoms with E-state index in [2.05, 4.69) is 14.9 Å². The Bertz CT molecular complexity index is 1500. The van der Waals surface area contributed by atoms with Gasteiger partial charge in [-0.1, -0.05) is 25.5 Å². The highest BCUT2D eigenvalue weighted by atomic mass is 32.2. The van der Waals surface area contributed by atoms with E-state index in [-0.39, 0.29) is 23.3 Å². The number of urea groups is 1. The second-order valence-electron chi connectivity index (χ2n) is 10.4. The van der Waals surface area contributed by atoms with Gasteiger partial charge in [-0.05, 0) is 79.4 Å². The first-order chi connectivity index (χ1) is 20.1. The molecule has 1 fully saturated rings. The maximum Gasteiger partial charge on any atom is 0.322 e. The van der Waals surface area contributed by atoms with Gasteiger partial charge in [0.2, 0.25) is 10.0 Å². The number of likely N-dealkylation sites (tertiary alicyclic amines) is 1. The minimum absolute atomic E-state index is 0.00545. The van der Waals surface area contributed by atoms with E-state index in [0.29, 0.717) is 23.7 Å². The Labute approximate surface area is 246 Å². The van der Waals surface area contributed by atoms with E-state index < -0.39 is 15.8 Å². The topological polar surface area (TPSA) is 115 Å². The van der Waals surface area contributed by atoms with Crippen molar-refractivity contribution in [1.29, 1.82) is 5.26 Å². The molecule has 0 saturated carbocycles. The number of rotatable bonds is 11. The zero-order valence-electron chi connectivity index (χ0n) is 23.8. The second-order valence-corrected chi connectivity index (χ2v) is 12.2. The van der Waals surface area contributed by atoms with Crippen molar-refractivity contribution < 1.29 is 22.3 Å². The molecule has 0 unspecified atom stereocenters. The lowest BCUT2D eigenvalue weighted by Crippen LogP contribution is -2.49. The van der Waals surface area contributed by atoms with E-state index in [1.165, 1.54) is 17.0 Å². The Hall–Kier alpha value is -4.14. The van der Waals surface area contributed by atoms with Crippen LogP contribution in [0.3, 0.4) is 0 Å². The summed E-state index contributed by atoms with van der Waals surface area (Å²) in [5.41, 5.74) is 2.01. The molecule has 1 heterocycles. The van der Waals surface area contributed by atoms with Crippen molar-refractivity contribution in [2.24, 2.45) is 0 Å². The molecule has 0 aromatic heterocycles. The third kappa shape index (κ3) is 8.93. The summed E-state index contributed by atoms with van der Waals surface area (Å²) in [6.07, 6.45) is 4.28. The number of amides is 2. The van der Waals surface area contributed by atoms with Gasteiger partial charge in [0.25, 0.3) is 0 Å². The molecule has 1 aliphatic rings. The number of hydrogen-bond donors (Lipinski definition) is 2. The molecule has 2 N–H and O–H groups in total. The fourth-order valence-electron chi connectivity index (χ4n) is 4.79. The molecule has 222 valence electrons. The number of ether oxygens (including phenoxy) is 1.